The summed E-state index contributed by atoms with van der Waals surface area (Å²) in [6.45, 7) is 2.33. The maximum Gasteiger partial charge on any atom is 0.260 e. The minimum absolute atomic E-state index is 0.0236. The van der Waals surface area contributed by atoms with Crippen LogP contribution in [0.5, 0.6) is 5.75 Å². The molecule has 0 N–H and O–H groups in total. The van der Waals surface area contributed by atoms with E-state index < -0.39 is 0 Å². The van der Waals surface area contributed by atoms with E-state index in [0.29, 0.717) is 17.7 Å². The molecule has 1 aromatic heterocycles. The fraction of sp³-hybridized carbons (Fsp3) is 0.500. The summed E-state index contributed by atoms with van der Waals surface area (Å²) in [6, 6.07) is 7.61. The van der Waals surface area contributed by atoms with Crippen molar-refractivity contribution in [3.63, 3.8) is 0 Å². The average molecular weight is 329 g/mol. The summed E-state index contributed by atoms with van der Waals surface area (Å²) >= 11 is 0. The Morgan fingerprint density at radius 1 is 1.25 bits per heavy atom. The van der Waals surface area contributed by atoms with Gasteiger partial charge in [0.2, 0.25) is 12.3 Å². The molecule has 0 unspecified atom stereocenters. The van der Waals surface area contributed by atoms with Crippen LogP contribution in [0.25, 0.3) is 11.5 Å². The van der Waals surface area contributed by atoms with Crippen LogP contribution in [0.1, 0.15) is 32.6 Å². The standard InChI is InChI=1S/C18H23N3O3/c1-13-3-7-15(8-4-13)21(2)17(22)11-23-16-9-5-14(6-10-16)18-20-19-12-24-18/h5-6,9-10,12-13,15H,3-4,7-8,11H2,1-2H3. The van der Waals surface area contributed by atoms with Crippen molar-refractivity contribution in [2.45, 2.75) is 38.6 Å². The smallest absolute Gasteiger partial charge is 0.260 e. The molecule has 1 aliphatic rings. The SMILES string of the molecule is CC1CCC(N(C)C(=O)COc2ccc(-c3nnco3)cc2)CC1. The molecule has 0 atom stereocenters. The Hall–Kier alpha value is -2.37. The van der Waals surface area contributed by atoms with E-state index in [9.17, 15) is 4.79 Å². The second-order valence-corrected chi connectivity index (χ2v) is 6.48. The van der Waals surface area contributed by atoms with Gasteiger partial charge >= 0.3 is 0 Å². The second-order valence-electron chi connectivity index (χ2n) is 6.48. The molecule has 1 aliphatic carbocycles. The van der Waals surface area contributed by atoms with Crippen molar-refractivity contribution in [1.29, 1.82) is 0 Å². The van der Waals surface area contributed by atoms with Crippen LogP contribution in [-0.4, -0.2) is 40.7 Å². The van der Waals surface area contributed by atoms with Gasteiger partial charge in [0.25, 0.3) is 5.91 Å². The van der Waals surface area contributed by atoms with E-state index in [0.717, 1.165) is 24.3 Å². The lowest BCUT2D eigenvalue weighted by atomic mass is 9.87. The highest BCUT2D eigenvalue weighted by Crippen LogP contribution is 2.26. The number of ether oxygens (including phenoxy) is 1. The first-order valence-electron chi connectivity index (χ1n) is 8.38. The molecule has 1 amide bonds. The van der Waals surface area contributed by atoms with Gasteiger partial charge in [0.05, 0.1) is 0 Å². The molecule has 0 radical (unpaired) electrons. The normalized spacial score (nSPS) is 20.6. The summed E-state index contributed by atoms with van der Waals surface area (Å²) in [5.41, 5.74) is 0.819. The minimum atomic E-state index is 0.0236. The van der Waals surface area contributed by atoms with Crippen LogP contribution in [0.15, 0.2) is 35.1 Å². The van der Waals surface area contributed by atoms with E-state index in [1.54, 1.807) is 12.1 Å². The zero-order chi connectivity index (χ0) is 16.9. The van der Waals surface area contributed by atoms with Gasteiger partial charge in [-0.1, -0.05) is 6.92 Å². The number of hydrogen-bond donors (Lipinski definition) is 0. The van der Waals surface area contributed by atoms with Gasteiger partial charge in [0, 0.05) is 18.7 Å². The molecule has 1 fully saturated rings. The van der Waals surface area contributed by atoms with Crippen molar-refractivity contribution in [3.05, 3.63) is 30.7 Å². The summed E-state index contributed by atoms with van der Waals surface area (Å²) in [6.07, 6.45) is 5.85. The van der Waals surface area contributed by atoms with Gasteiger partial charge < -0.3 is 14.1 Å². The lowest BCUT2D eigenvalue weighted by Gasteiger charge is -2.33. The molecule has 0 spiro atoms. The first-order chi connectivity index (χ1) is 11.6. The van der Waals surface area contributed by atoms with Gasteiger partial charge in [-0.15, -0.1) is 10.2 Å². The summed E-state index contributed by atoms with van der Waals surface area (Å²) in [7, 11) is 1.88. The summed E-state index contributed by atoms with van der Waals surface area (Å²) in [5.74, 6) is 1.91. The third-order valence-corrected chi connectivity index (χ3v) is 4.75. The fourth-order valence-electron chi connectivity index (χ4n) is 3.07. The number of carbonyl (C=O) groups is 1. The monoisotopic (exact) mass is 329 g/mol. The van der Waals surface area contributed by atoms with Crippen LogP contribution in [0.2, 0.25) is 0 Å². The molecule has 6 nitrogen and oxygen atoms in total. The van der Waals surface area contributed by atoms with Crippen LogP contribution >= 0.6 is 0 Å². The predicted octanol–water partition coefficient (Wildman–Crippen LogP) is 3.15. The largest absolute Gasteiger partial charge is 0.484 e. The van der Waals surface area contributed by atoms with Crippen LogP contribution < -0.4 is 4.74 Å². The lowest BCUT2D eigenvalue weighted by Crippen LogP contribution is -2.41. The third kappa shape index (κ3) is 3.93. The Morgan fingerprint density at radius 3 is 2.58 bits per heavy atom. The van der Waals surface area contributed by atoms with Gasteiger partial charge in [-0.25, -0.2) is 0 Å². The Morgan fingerprint density at radius 2 is 1.96 bits per heavy atom. The van der Waals surface area contributed by atoms with Crippen LogP contribution in [-0.2, 0) is 4.79 Å². The molecule has 2 aromatic rings. The minimum Gasteiger partial charge on any atom is -0.484 e. The molecule has 1 aromatic carbocycles. The molecule has 0 bridgehead atoms. The molecule has 1 heterocycles. The van der Waals surface area contributed by atoms with Crippen molar-refractivity contribution >= 4 is 5.91 Å². The van der Waals surface area contributed by atoms with Crippen molar-refractivity contribution in [1.82, 2.24) is 15.1 Å². The van der Waals surface area contributed by atoms with Gasteiger partial charge in [0.15, 0.2) is 6.61 Å². The molecule has 3 rings (SSSR count). The quantitative estimate of drug-likeness (QED) is 0.843. The highest BCUT2D eigenvalue weighted by Gasteiger charge is 2.24. The van der Waals surface area contributed by atoms with Crippen molar-refractivity contribution in [2.24, 2.45) is 5.92 Å². The second kappa shape index (κ2) is 7.47. The molecule has 24 heavy (non-hydrogen) atoms. The fourth-order valence-corrected chi connectivity index (χ4v) is 3.07. The molecule has 128 valence electrons. The lowest BCUT2D eigenvalue weighted by molar-refractivity contribution is -0.134. The number of amides is 1. The predicted molar refractivity (Wildman–Crippen MR) is 89.4 cm³/mol. The average Bonchev–Trinajstić information content (AvgIpc) is 3.15. The maximum absolute atomic E-state index is 12.3. The number of likely N-dealkylation sites (N-methyl/N-ethyl adjacent to an activating group) is 1. The van der Waals surface area contributed by atoms with Gasteiger partial charge in [0.1, 0.15) is 5.75 Å². The van der Waals surface area contributed by atoms with E-state index in [2.05, 4.69) is 17.1 Å². The summed E-state index contributed by atoms with van der Waals surface area (Å²) in [5, 5.41) is 7.50. The molecule has 0 aliphatic heterocycles. The number of rotatable bonds is 5. The molecular weight excluding hydrogens is 306 g/mol. The first kappa shape index (κ1) is 16.5. The van der Waals surface area contributed by atoms with Gasteiger partial charge in [-0.3, -0.25) is 4.79 Å². The van der Waals surface area contributed by atoms with Gasteiger partial charge in [-0.05, 0) is 55.9 Å². The summed E-state index contributed by atoms with van der Waals surface area (Å²) < 4.78 is 10.8. The zero-order valence-electron chi connectivity index (χ0n) is 14.1. The first-order valence-corrected chi connectivity index (χ1v) is 8.38. The summed E-state index contributed by atoms with van der Waals surface area (Å²) in [4.78, 5) is 14.2. The van der Waals surface area contributed by atoms with E-state index in [1.165, 1.54) is 19.2 Å². The van der Waals surface area contributed by atoms with Crippen molar-refractivity contribution < 1.29 is 13.9 Å². The molecule has 6 heteroatoms. The van der Waals surface area contributed by atoms with E-state index >= 15 is 0 Å². The number of carbonyl (C=O) groups excluding carboxylic acids is 1. The van der Waals surface area contributed by atoms with Crippen molar-refractivity contribution in [2.75, 3.05) is 13.7 Å². The highest BCUT2D eigenvalue weighted by atomic mass is 16.5. The Labute approximate surface area is 141 Å². The Balaban J connectivity index is 1.50. The van der Waals surface area contributed by atoms with Crippen molar-refractivity contribution in [3.8, 4) is 17.2 Å². The van der Waals surface area contributed by atoms with Crippen LogP contribution in [0.4, 0.5) is 0 Å². The molecule has 0 saturated heterocycles. The van der Waals surface area contributed by atoms with Gasteiger partial charge in [-0.2, -0.15) is 0 Å². The van der Waals surface area contributed by atoms with Crippen LogP contribution in [0, 0.1) is 5.92 Å². The zero-order valence-corrected chi connectivity index (χ0v) is 14.1. The Kier molecular flexibility index (Phi) is 5.13. The van der Waals surface area contributed by atoms with E-state index in [4.69, 9.17) is 9.15 Å². The topological polar surface area (TPSA) is 68.5 Å². The number of hydrogen-bond acceptors (Lipinski definition) is 5. The number of aromatic nitrogens is 2. The van der Waals surface area contributed by atoms with E-state index in [-0.39, 0.29) is 12.5 Å². The number of nitrogens with zero attached hydrogens (tertiary/aromatic N) is 3. The molecular formula is C18H23N3O3. The highest BCUT2D eigenvalue weighted by molar-refractivity contribution is 5.77. The Bertz CT molecular complexity index is 647. The third-order valence-electron chi connectivity index (χ3n) is 4.75. The van der Waals surface area contributed by atoms with E-state index in [1.807, 2.05) is 24.1 Å². The van der Waals surface area contributed by atoms with Crippen LogP contribution in [0.3, 0.4) is 0 Å². The number of benzene rings is 1. The maximum atomic E-state index is 12.3. The molecule has 1 saturated carbocycles.